The first-order valence-corrected chi connectivity index (χ1v) is 16.4. The third-order valence-corrected chi connectivity index (χ3v) is 8.81. The van der Waals surface area contributed by atoms with E-state index in [0.717, 1.165) is 50.4 Å². The Kier molecular flexibility index (Phi) is 11.4. The van der Waals surface area contributed by atoms with Gasteiger partial charge in [0.2, 0.25) is 5.88 Å². The Morgan fingerprint density at radius 2 is 1.64 bits per heavy atom. The summed E-state index contributed by atoms with van der Waals surface area (Å²) < 4.78 is 48.5. The minimum atomic E-state index is -3.37. The van der Waals surface area contributed by atoms with Gasteiger partial charge in [-0.2, -0.15) is 0 Å². The Bertz CT molecular complexity index is 1830. The number of urea groups is 1. The summed E-state index contributed by atoms with van der Waals surface area (Å²) in [6.45, 7) is 2.58. The first kappa shape index (κ1) is 35.1. The zero-order chi connectivity index (χ0) is 32.8. The van der Waals surface area contributed by atoms with E-state index in [1.165, 1.54) is 36.9 Å². The van der Waals surface area contributed by atoms with Crippen molar-refractivity contribution in [3.05, 3.63) is 102 Å². The molecular formula is C33H35ClFN5O6S. The number of benzene rings is 3. The molecule has 0 bridgehead atoms. The van der Waals surface area contributed by atoms with Crippen LogP contribution in [0, 0.1) is 5.82 Å². The number of piperidine rings is 1. The molecule has 3 amide bonds. The van der Waals surface area contributed by atoms with Gasteiger partial charge >= 0.3 is 6.03 Å². The Hall–Kier alpha value is -4.72. The van der Waals surface area contributed by atoms with Gasteiger partial charge in [-0.3, -0.25) is 9.69 Å². The normalized spacial score (nSPS) is 13.7. The molecule has 14 heteroatoms. The molecule has 4 N–H and O–H groups in total. The number of rotatable bonds is 10. The molecule has 5 rings (SSSR count). The van der Waals surface area contributed by atoms with Crippen molar-refractivity contribution >= 4 is 45.6 Å². The first-order valence-electron chi connectivity index (χ1n) is 14.5. The van der Waals surface area contributed by atoms with Crippen molar-refractivity contribution in [2.24, 2.45) is 5.73 Å². The Labute approximate surface area is 278 Å². The fourth-order valence-corrected chi connectivity index (χ4v) is 5.88. The number of hydrogen-bond donors (Lipinski definition) is 3. The average molecular weight is 684 g/mol. The Balaban J connectivity index is 0.00000500. The van der Waals surface area contributed by atoms with Crippen LogP contribution in [0.3, 0.4) is 0 Å². The monoisotopic (exact) mass is 683 g/mol. The lowest BCUT2D eigenvalue weighted by Crippen LogP contribution is -2.32. The van der Waals surface area contributed by atoms with Gasteiger partial charge in [0.1, 0.15) is 5.82 Å². The number of nitrogens with one attached hydrogen (secondary N) is 2. The third kappa shape index (κ3) is 9.18. The van der Waals surface area contributed by atoms with Gasteiger partial charge in [-0.1, -0.05) is 18.2 Å². The summed E-state index contributed by atoms with van der Waals surface area (Å²) in [7, 11) is -1.92. The minimum absolute atomic E-state index is 0. The average Bonchev–Trinajstić information content (AvgIpc) is 3.03. The fraction of sp³-hybridized carbons (Fsp3) is 0.242. The van der Waals surface area contributed by atoms with E-state index in [2.05, 4.69) is 20.5 Å². The molecule has 1 aliphatic heterocycles. The number of amides is 3. The molecule has 1 saturated heterocycles. The molecule has 2 heterocycles. The molecule has 0 atom stereocenters. The molecule has 0 unspecified atom stereocenters. The van der Waals surface area contributed by atoms with Gasteiger partial charge in [-0.05, 0) is 85.4 Å². The van der Waals surface area contributed by atoms with Crippen LogP contribution in [0.2, 0.25) is 0 Å². The summed E-state index contributed by atoms with van der Waals surface area (Å²) in [5.74, 6) is -0.233. The number of hydrogen-bond acceptors (Lipinski definition) is 8. The first-order chi connectivity index (χ1) is 22.0. The molecule has 4 aromatic rings. The largest absolute Gasteiger partial charge is 0.493 e. The summed E-state index contributed by atoms with van der Waals surface area (Å²) in [5, 5.41) is 5.31. The molecule has 0 spiro atoms. The summed E-state index contributed by atoms with van der Waals surface area (Å²) in [6.07, 6.45) is 4.87. The number of primary amides is 1. The van der Waals surface area contributed by atoms with Crippen molar-refractivity contribution < 1.29 is 31.9 Å². The van der Waals surface area contributed by atoms with Crippen LogP contribution in [0.5, 0.6) is 17.4 Å². The lowest BCUT2D eigenvalue weighted by atomic mass is 9.89. The topological polar surface area (TPSA) is 153 Å². The lowest BCUT2D eigenvalue weighted by Gasteiger charge is -2.32. The molecule has 11 nitrogen and oxygen atoms in total. The van der Waals surface area contributed by atoms with Crippen molar-refractivity contribution in [1.82, 2.24) is 9.88 Å². The van der Waals surface area contributed by atoms with Crippen molar-refractivity contribution in [2.75, 3.05) is 37.1 Å². The number of carbonyl (C=O) groups is 2. The van der Waals surface area contributed by atoms with E-state index in [1.807, 2.05) is 30.3 Å². The molecule has 1 fully saturated rings. The Morgan fingerprint density at radius 3 is 2.26 bits per heavy atom. The number of pyridine rings is 1. The number of sulfone groups is 1. The van der Waals surface area contributed by atoms with Crippen molar-refractivity contribution in [3.8, 4) is 17.4 Å². The van der Waals surface area contributed by atoms with Crippen LogP contribution in [-0.4, -0.2) is 56.7 Å². The zero-order valence-electron chi connectivity index (χ0n) is 25.7. The maximum absolute atomic E-state index is 13.7. The molecule has 1 aromatic heterocycles. The minimum Gasteiger partial charge on any atom is -0.493 e. The highest BCUT2D eigenvalue weighted by Crippen LogP contribution is 2.33. The standard InChI is InChI=1S/C33H34FN5O6S.ClH/c1-44-30-18-26(46(2,42)43)9-11-29(30)45-31-12-3-21(19-36-31)20-39-15-13-23(14-16-39)22-4-6-24(7-5-22)37-33(41)38-25-8-10-28(34)27(17-25)32(35)40;/h3-12,17-19,23H,13-16,20H2,1-2H3,(H2,35,40)(H2,37,38,41);1H. The van der Waals surface area contributed by atoms with Gasteiger partial charge in [0, 0.05) is 42.5 Å². The second kappa shape index (κ2) is 15.2. The highest BCUT2D eigenvalue weighted by molar-refractivity contribution is 7.90. The number of methoxy groups -OCH3 is 1. The smallest absolute Gasteiger partial charge is 0.323 e. The number of anilines is 2. The van der Waals surface area contributed by atoms with Crippen LogP contribution in [0.1, 0.15) is 40.2 Å². The van der Waals surface area contributed by atoms with Crippen molar-refractivity contribution in [2.45, 2.75) is 30.2 Å². The molecular weight excluding hydrogens is 649 g/mol. The number of nitrogens with zero attached hydrogens (tertiary/aromatic N) is 2. The van der Waals surface area contributed by atoms with Crippen LogP contribution in [0.4, 0.5) is 20.6 Å². The predicted octanol–water partition coefficient (Wildman–Crippen LogP) is 5.97. The molecule has 0 saturated carbocycles. The molecule has 0 radical (unpaired) electrons. The van der Waals surface area contributed by atoms with Gasteiger partial charge < -0.3 is 25.8 Å². The summed E-state index contributed by atoms with van der Waals surface area (Å²) in [6, 6.07) is 19.0. The van der Waals surface area contributed by atoms with E-state index in [0.29, 0.717) is 29.0 Å². The van der Waals surface area contributed by atoms with Crippen LogP contribution in [-0.2, 0) is 16.4 Å². The number of ether oxygens (including phenoxy) is 2. The quantitative estimate of drug-likeness (QED) is 0.185. The van der Waals surface area contributed by atoms with Crippen molar-refractivity contribution in [3.63, 3.8) is 0 Å². The van der Waals surface area contributed by atoms with E-state index >= 15 is 0 Å². The van der Waals surface area contributed by atoms with Crippen molar-refractivity contribution in [1.29, 1.82) is 0 Å². The van der Waals surface area contributed by atoms with E-state index in [1.54, 1.807) is 18.3 Å². The van der Waals surface area contributed by atoms with Crippen LogP contribution in [0.25, 0.3) is 0 Å². The Morgan fingerprint density at radius 1 is 0.957 bits per heavy atom. The van der Waals surface area contributed by atoms with E-state index in [9.17, 15) is 22.4 Å². The number of likely N-dealkylation sites (tertiary alicyclic amines) is 1. The molecule has 248 valence electrons. The van der Waals surface area contributed by atoms with E-state index < -0.39 is 27.6 Å². The van der Waals surface area contributed by atoms with Gasteiger partial charge in [-0.15, -0.1) is 12.4 Å². The van der Waals surface area contributed by atoms with Gasteiger partial charge in [-0.25, -0.2) is 22.6 Å². The number of halogens is 2. The summed E-state index contributed by atoms with van der Waals surface area (Å²) >= 11 is 0. The highest BCUT2D eigenvalue weighted by atomic mass is 35.5. The van der Waals surface area contributed by atoms with Crippen LogP contribution < -0.4 is 25.8 Å². The maximum Gasteiger partial charge on any atom is 0.323 e. The van der Waals surface area contributed by atoms with Crippen LogP contribution >= 0.6 is 12.4 Å². The number of carbonyl (C=O) groups excluding carboxylic acids is 2. The molecule has 0 aliphatic carbocycles. The number of nitrogens with two attached hydrogens (primary N) is 1. The number of aromatic nitrogens is 1. The highest BCUT2D eigenvalue weighted by Gasteiger charge is 2.21. The van der Waals surface area contributed by atoms with E-state index in [4.69, 9.17) is 15.2 Å². The predicted molar refractivity (Wildman–Crippen MR) is 179 cm³/mol. The summed E-state index contributed by atoms with van der Waals surface area (Å²) in [4.78, 5) is 30.7. The van der Waals surface area contributed by atoms with Gasteiger partial charge in [0.15, 0.2) is 21.3 Å². The van der Waals surface area contributed by atoms with Gasteiger partial charge in [0.25, 0.3) is 5.91 Å². The maximum atomic E-state index is 13.7. The third-order valence-electron chi connectivity index (χ3n) is 7.70. The van der Waals surface area contributed by atoms with Gasteiger partial charge in [0.05, 0.1) is 17.6 Å². The van der Waals surface area contributed by atoms with E-state index in [-0.39, 0.29) is 28.6 Å². The lowest BCUT2D eigenvalue weighted by molar-refractivity contribution is 0.0996. The molecule has 3 aromatic carbocycles. The second-order valence-corrected chi connectivity index (χ2v) is 13.0. The summed E-state index contributed by atoms with van der Waals surface area (Å²) in [5.41, 5.74) is 7.95. The zero-order valence-corrected chi connectivity index (χ0v) is 27.4. The van der Waals surface area contributed by atoms with Crippen LogP contribution in [0.15, 0.2) is 83.9 Å². The molecule has 47 heavy (non-hydrogen) atoms. The second-order valence-electron chi connectivity index (χ2n) is 11.0. The fourth-order valence-electron chi connectivity index (χ4n) is 5.25. The SMILES string of the molecule is COc1cc(S(C)(=O)=O)ccc1Oc1ccc(CN2CCC(c3ccc(NC(=O)Nc4ccc(F)c(C(N)=O)c4)cc3)CC2)cn1.Cl. The molecule has 1 aliphatic rings.